The third kappa shape index (κ3) is 5.28. The molecule has 0 saturated carbocycles. The van der Waals surface area contributed by atoms with Crippen LogP contribution in [0.4, 0.5) is 0 Å². The van der Waals surface area contributed by atoms with E-state index in [1.165, 1.54) is 6.92 Å². The van der Waals surface area contributed by atoms with Crippen molar-refractivity contribution in [2.24, 2.45) is 0 Å². The lowest BCUT2D eigenvalue weighted by Crippen LogP contribution is -2.56. The van der Waals surface area contributed by atoms with Crippen LogP contribution in [0.5, 0.6) is 0 Å². The van der Waals surface area contributed by atoms with Gasteiger partial charge in [-0.05, 0) is 27.7 Å². The van der Waals surface area contributed by atoms with E-state index in [0.29, 0.717) is 6.61 Å². The largest absolute Gasteiger partial charge is 0.388 e. The smallest absolute Gasteiger partial charge is 0.187 e. The van der Waals surface area contributed by atoms with Gasteiger partial charge in [0.1, 0.15) is 36.6 Å². The molecule has 0 aliphatic carbocycles. The molecule has 28 heavy (non-hydrogen) atoms. The topological polar surface area (TPSA) is 147 Å². The van der Waals surface area contributed by atoms with Crippen LogP contribution in [0.2, 0.25) is 0 Å². The van der Waals surface area contributed by atoms with Gasteiger partial charge in [0, 0.05) is 0 Å². The summed E-state index contributed by atoms with van der Waals surface area (Å²) in [6.45, 7) is 10.9. The summed E-state index contributed by atoms with van der Waals surface area (Å²) < 4.78 is 27.2. The van der Waals surface area contributed by atoms with E-state index in [0.717, 1.165) is 0 Å². The van der Waals surface area contributed by atoms with Gasteiger partial charge < -0.3 is 49.2 Å². The maximum atomic E-state index is 10.0. The molecule has 10 heteroatoms. The van der Waals surface area contributed by atoms with Gasteiger partial charge in [0.2, 0.25) is 0 Å². The van der Waals surface area contributed by atoms with Crippen molar-refractivity contribution in [2.75, 3.05) is 6.61 Å². The first-order valence-corrected chi connectivity index (χ1v) is 9.28. The molecule has 3 aliphatic rings. The fourth-order valence-electron chi connectivity index (χ4n) is 3.25. The Balaban J connectivity index is 0.000000221. The fraction of sp³-hybridized carbons (Fsp3) is 0.889. The molecule has 164 valence electrons. The molecule has 0 amide bonds. The number of ether oxygens (including phenoxy) is 5. The van der Waals surface area contributed by atoms with Crippen LogP contribution in [0.1, 0.15) is 27.7 Å². The van der Waals surface area contributed by atoms with Gasteiger partial charge in [-0.1, -0.05) is 6.08 Å². The van der Waals surface area contributed by atoms with E-state index < -0.39 is 61.1 Å². The monoisotopic (exact) mass is 408 g/mol. The van der Waals surface area contributed by atoms with E-state index in [9.17, 15) is 5.11 Å². The molecule has 0 bridgehead atoms. The lowest BCUT2D eigenvalue weighted by atomic mass is 10.0. The molecule has 0 spiro atoms. The zero-order chi connectivity index (χ0) is 21.2. The minimum absolute atomic E-state index is 0.344. The number of hydrogen-bond acceptors (Lipinski definition) is 10. The van der Waals surface area contributed by atoms with Crippen molar-refractivity contribution in [3.8, 4) is 0 Å². The zero-order valence-electron chi connectivity index (χ0n) is 16.5. The molecule has 5 N–H and O–H groups in total. The van der Waals surface area contributed by atoms with Crippen molar-refractivity contribution < 1.29 is 49.2 Å². The van der Waals surface area contributed by atoms with Crippen LogP contribution in [0.15, 0.2) is 12.7 Å². The standard InChI is InChI=1S/C12H20O5.C6H12O5/c1-5-6-14-11-10-9(8(13)7(2)15-11)16-12(3,4)17-10;1-2-3(7)4(8)5(9)6(10)11-2/h5,7-11,13H,1,6H2,2-4H3;2-10H,1H3/t7-,8+,9?,10?,11-;2-,3+,4?,5?,6-/m11/s1. The second-order valence-electron chi connectivity index (χ2n) is 7.59. The highest BCUT2D eigenvalue weighted by Crippen LogP contribution is 2.37. The summed E-state index contributed by atoms with van der Waals surface area (Å²) in [5.74, 6) is -0.723. The maximum absolute atomic E-state index is 10.0. The van der Waals surface area contributed by atoms with Gasteiger partial charge in [0.05, 0.1) is 18.8 Å². The number of rotatable bonds is 3. The van der Waals surface area contributed by atoms with Crippen LogP contribution >= 0.6 is 0 Å². The van der Waals surface area contributed by atoms with E-state index in [1.54, 1.807) is 13.0 Å². The molecule has 3 heterocycles. The molecule has 3 rings (SSSR count). The fourth-order valence-corrected chi connectivity index (χ4v) is 3.25. The summed E-state index contributed by atoms with van der Waals surface area (Å²) in [5.41, 5.74) is 0. The number of aliphatic hydroxyl groups excluding tert-OH is 5. The molecule has 10 nitrogen and oxygen atoms in total. The highest BCUT2D eigenvalue weighted by atomic mass is 16.8. The first-order valence-electron chi connectivity index (χ1n) is 9.28. The molecular weight excluding hydrogens is 376 g/mol. The summed E-state index contributed by atoms with van der Waals surface area (Å²) in [5, 5.41) is 46.0. The average molecular weight is 408 g/mol. The predicted molar refractivity (Wildman–Crippen MR) is 94.9 cm³/mol. The summed E-state index contributed by atoms with van der Waals surface area (Å²) in [6.07, 6.45) is -6.74. The van der Waals surface area contributed by atoms with Crippen molar-refractivity contribution in [1.29, 1.82) is 0 Å². The van der Waals surface area contributed by atoms with Crippen LogP contribution < -0.4 is 0 Å². The Labute approximate surface area is 164 Å². The Morgan fingerprint density at radius 1 is 0.857 bits per heavy atom. The second-order valence-corrected chi connectivity index (χ2v) is 7.59. The number of hydrogen-bond donors (Lipinski definition) is 5. The number of aliphatic hydroxyl groups is 5. The van der Waals surface area contributed by atoms with Gasteiger partial charge in [-0.2, -0.15) is 0 Å². The first kappa shape index (κ1) is 23.6. The molecule has 3 fully saturated rings. The van der Waals surface area contributed by atoms with Gasteiger partial charge in [-0.3, -0.25) is 0 Å². The summed E-state index contributed by atoms with van der Waals surface area (Å²) in [6, 6.07) is 0. The molecule has 0 aromatic heterocycles. The molecule has 0 aromatic carbocycles. The molecule has 10 atom stereocenters. The highest BCUT2D eigenvalue weighted by Gasteiger charge is 2.54. The molecule has 0 radical (unpaired) electrons. The second kappa shape index (κ2) is 9.43. The Hall–Kier alpha value is -0.660. The van der Waals surface area contributed by atoms with Gasteiger partial charge >= 0.3 is 0 Å². The van der Waals surface area contributed by atoms with Crippen LogP contribution in [-0.4, -0.2) is 99.3 Å². The Morgan fingerprint density at radius 2 is 1.43 bits per heavy atom. The maximum Gasteiger partial charge on any atom is 0.187 e. The van der Waals surface area contributed by atoms with Crippen molar-refractivity contribution >= 4 is 0 Å². The summed E-state index contributed by atoms with van der Waals surface area (Å²) in [4.78, 5) is 0. The predicted octanol–water partition coefficient (Wildman–Crippen LogP) is -1.38. The zero-order valence-corrected chi connectivity index (χ0v) is 16.5. The minimum Gasteiger partial charge on any atom is -0.388 e. The summed E-state index contributed by atoms with van der Waals surface area (Å²) in [7, 11) is 0. The number of fused-ring (bicyclic) bond motifs is 1. The Bertz CT molecular complexity index is 501. The quantitative estimate of drug-likeness (QED) is 0.354. The Kier molecular flexibility index (Phi) is 7.96. The highest BCUT2D eigenvalue weighted by molar-refractivity contribution is 4.95. The van der Waals surface area contributed by atoms with E-state index in [2.05, 4.69) is 11.3 Å². The van der Waals surface area contributed by atoms with Crippen molar-refractivity contribution in [3.63, 3.8) is 0 Å². The minimum atomic E-state index is -1.43. The normalized spacial score (nSPS) is 47.6. The van der Waals surface area contributed by atoms with Crippen molar-refractivity contribution in [1.82, 2.24) is 0 Å². The van der Waals surface area contributed by atoms with E-state index in [-0.39, 0.29) is 6.10 Å². The van der Waals surface area contributed by atoms with Gasteiger partial charge in [-0.15, -0.1) is 6.58 Å². The molecule has 0 aromatic rings. The van der Waals surface area contributed by atoms with E-state index in [1.807, 2.05) is 13.8 Å². The van der Waals surface area contributed by atoms with Crippen molar-refractivity contribution in [2.45, 2.75) is 94.9 Å². The van der Waals surface area contributed by atoms with Gasteiger partial charge in [-0.25, -0.2) is 0 Å². The van der Waals surface area contributed by atoms with Crippen LogP contribution in [0.3, 0.4) is 0 Å². The van der Waals surface area contributed by atoms with Crippen LogP contribution in [0.25, 0.3) is 0 Å². The average Bonchev–Trinajstić information content (AvgIpc) is 2.96. The molecular formula is C18H32O10. The lowest BCUT2D eigenvalue weighted by Gasteiger charge is -2.38. The van der Waals surface area contributed by atoms with Crippen LogP contribution in [-0.2, 0) is 23.7 Å². The van der Waals surface area contributed by atoms with Crippen molar-refractivity contribution in [3.05, 3.63) is 12.7 Å². The Morgan fingerprint density at radius 3 is 2.04 bits per heavy atom. The molecule has 4 unspecified atom stereocenters. The third-order valence-electron chi connectivity index (χ3n) is 4.80. The summed E-state index contributed by atoms with van der Waals surface area (Å²) >= 11 is 0. The first-order chi connectivity index (χ1) is 13.0. The van der Waals surface area contributed by atoms with Crippen LogP contribution in [0, 0.1) is 0 Å². The molecule has 3 aliphatic heterocycles. The SMILES string of the molecule is C=CCO[C@@H]1O[C@H](C)[C@H](O)C2OC(C)(C)OC21.C[C@H]1O[C@@H](O)C(O)C(O)[C@H]1O. The lowest BCUT2D eigenvalue weighted by molar-refractivity contribution is -0.277. The van der Waals surface area contributed by atoms with Gasteiger partial charge in [0.15, 0.2) is 18.4 Å². The van der Waals surface area contributed by atoms with E-state index >= 15 is 0 Å². The third-order valence-corrected chi connectivity index (χ3v) is 4.80. The van der Waals surface area contributed by atoms with E-state index in [4.69, 9.17) is 39.4 Å². The van der Waals surface area contributed by atoms with Gasteiger partial charge in [0.25, 0.3) is 0 Å². The molecule has 3 saturated heterocycles.